The highest BCUT2D eigenvalue weighted by Gasteiger charge is 2.30. The highest BCUT2D eigenvalue weighted by atomic mass is 32.2. The van der Waals surface area contributed by atoms with Crippen LogP contribution in [0.25, 0.3) is 0 Å². The zero-order chi connectivity index (χ0) is 11.6. The number of hydrazine groups is 1. The van der Waals surface area contributed by atoms with E-state index in [1.54, 1.807) is 5.01 Å². The molecule has 92 valence electrons. The van der Waals surface area contributed by atoms with E-state index in [2.05, 4.69) is 0 Å². The maximum atomic E-state index is 11.3. The number of sulfone groups is 1. The lowest BCUT2D eigenvalue weighted by molar-refractivity contribution is -0.139. The maximum absolute atomic E-state index is 11.3. The van der Waals surface area contributed by atoms with Gasteiger partial charge in [-0.05, 0) is 12.8 Å². The molecule has 2 fully saturated rings. The van der Waals surface area contributed by atoms with Crippen LogP contribution in [0.2, 0.25) is 0 Å². The number of hydrogen-bond acceptors (Lipinski definition) is 4. The van der Waals surface area contributed by atoms with E-state index in [0.29, 0.717) is 19.1 Å². The second-order valence-corrected chi connectivity index (χ2v) is 6.83. The standard InChI is InChI=1S/C10H18N2O3S/c13-9-12(10-3-1-2-4-10)11-5-7-16(14,15)8-6-11/h9-10H,1-8H2. The highest BCUT2D eigenvalue weighted by molar-refractivity contribution is 7.91. The summed E-state index contributed by atoms with van der Waals surface area (Å²) in [6.07, 6.45) is 5.28. The SMILES string of the molecule is O=CN(C1CCCC1)N1CCS(=O)(=O)CC1. The Morgan fingerprint density at radius 1 is 1.12 bits per heavy atom. The summed E-state index contributed by atoms with van der Waals surface area (Å²) in [6.45, 7) is 0.912. The van der Waals surface area contributed by atoms with Crippen molar-refractivity contribution in [2.45, 2.75) is 31.7 Å². The monoisotopic (exact) mass is 246 g/mol. The third-order valence-electron chi connectivity index (χ3n) is 3.45. The minimum atomic E-state index is -2.87. The van der Waals surface area contributed by atoms with Crippen molar-refractivity contribution >= 4 is 16.2 Å². The van der Waals surface area contributed by atoms with Crippen LogP contribution in [0.15, 0.2) is 0 Å². The average Bonchev–Trinajstić information content (AvgIpc) is 2.75. The van der Waals surface area contributed by atoms with E-state index in [4.69, 9.17) is 0 Å². The van der Waals surface area contributed by atoms with Gasteiger partial charge in [0.05, 0.1) is 11.5 Å². The molecule has 0 aromatic heterocycles. The first-order chi connectivity index (χ1) is 7.62. The summed E-state index contributed by atoms with van der Waals surface area (Å²) in [4.78, 5) is 11.1. The van der Waals surface area contributed by atoms with Crippen LogP contribution in [-0.2, 0) is 14.6 Å². The molecule has 6 heteroatoms. The van der Waals surface area contributed by atoms with Gasteiger partial charge in [0.2, 0.25) is 6.41 Å². The normalized spacial score (nSPS) is 26.8. The molecule has 1 saturated heterocycles. The van der Waals surface area contributed by atoms with E-state index in [-0.39, 0.29) is 11.5 Å². The molecule has 0 bridgehead atoms. The van der Waals surface area contributed by atoms with Crippen LogP contribution in [0.5, 0.6) is 0 Å². The molecule has 1 aliphatic heterocycles. The van der Waals surface area contributed by atoms with E-state index in [1.165, 1.54) is 12.8 Å². The van der Waals surface area contributed by atoms with Crippen LogP contribution in [-0.4, -0.2) is 55.5 Å². The van der Waals surface area contributed by atoms with Crippen molar-refractivity contribution in [1.29, 1.82) is 0 Å². The molecule has 0 N–H and O–H groups in total. The molecule has 0 spiro atoms. The highest BCUT2D eigenvalue weighted by Crippen LogP contribution is 2.24. The largest absolute Gasteiger partial charge is 0.277 e. The Morgan fingerprint density at radius 3 is 2.19 bits per heavy atom. The molecule has 1 aliphatic carbocycles. The van der Waals surface area contributed by atoms with Gasteiger partial charge >= 0.3 is 0 Å². The Labute approximate surface area is 96.3 Å². The van der Waals surface area contributed by atoms with Crippen LogP contribution < -0.4 is 0 Å². The summed E-state index contributed by atoms with van der Waals surface area (Å²) < 4.78 is 22.6. The number of amides is 1. The first-order valence-corrected chi connectivity index (χ1v) is 7.63. The number of nitrogens with zero attached hydrogens (tertiary/aromatic N) is 2. The Kier molecular flexibility index (Phi) is 3.49. The third kappa shape index (κ3) is 2.55. The van der Waals surface area contributed by atoms with Gasteiger partial charge in [0.15, 0.2) is 9.84 Å². The van der Waals surface area contributed by atoms with Gasteiger partial charge in [-0.2, -0.15) is 0 Å². The molecule has 1 heterocycles. The van der Waals surface area contributed by atoms with Crippen molar-refractivity contribution in [2.24, 2.45) is 0 Å². The first-order valence-electron chi connectivity index (χ1n) is 5.81. The Hall–Kier alpha value is -0.620. The molecule has 16 heavy (non-hydrogen) atoms. The summed E-state index contributed by atoms with van der Waals surface area (Å²) in [5.74, 6) is 0.341. The van der Waals surface area contributed by atoms with Crippen molar-refractivity contribution in [3.05, 3.63) is 0 Å². The minimum absolute atomic E-state index is 0.171. The van der Waals surface area contributed by atoms with Gasteiger partial charge in [0.1, 0.15) is 0 Å². The molecule has 2 aliphatic rings. The van der Waals surface area contributed by atoms with Gasteiger partial charge in [-0.25, -0.2) is 13.4 Å². The van der Waals surface area contributed by atoms with E-state index in [9.17, 15) is 13.2 Å². The van der Waals surface area contributed by atoms with Gasteiger partial charge in [0.25, 0.3) is 0 Å². The summed E-state index contributed by atoms with van der Waals surface area (Å²) in [5, 5.41) is 3.62. The number of hydrogen-bond donors (Lipinski definition) is 0. The summed E-state index contributed by atoms with van der Waals surface area (Å²) in [7, 11) is -2.87. The van der Waals surface area contributed by atoms with Crippen LogP contribution >= 0.6 is 0 Å². The van der Waals surface area contributed by atoms with Crippen LogP contribution in [0.1, 0.15) is 25.7 Å². The lowest BCUT2D eigenvalue weighted by atomic mass is 10.2. The second kappa shape index (κ2) is 4.71. The molecule has 1 amide bonds. The Bertz CT molecular complexity index is 335. The minimum Gasteiger partial charge on any atom is -0.277 e. The summed E-state index contributed by atoms with van der Waals surface area (Å²) in [5.41, 5.74) is 0. The molecule has 0 aromatic rings. The van der Waals surface area contributed by atoms with Crippen molar-refractivity contribution in [3.63, 3.8) is 0 Å². The topological polar surface area (TPSA) is 57.7 Å². The predicted molar refractivity (Wildman–Crippen MR) is 60.4 cm³/mol. The van der Waals surface area contributed by atoms with Gasteiger partial charge < -0.3 is 0 Å². The maximum Gasteiger partial charge on any atom is 0.224 e. The molecule has 0 radical (unpaired) electrons. The molecule has 5 nitrogen and oxygen atoms in total. The zero-order valence-corrected chi connectivity index (χ0v) is 10.2. The average molecular weight is 246 g/mol. The van der Waals surface area contributed by atoms with Crippen LogP contribution in [0, 0.1) is 0 Å². The fourth-order valence-corrected chi connectivity index (χ4v) is 3.67. The number of carbonyl (C=O) groups is 1. The lowest BCUT2D eigenvalue weighted by Gasteiger charge is -2.38. The van der Waals surface area contributed by atoms with Gasteiger partial charge in [-0.15, -0.1) is 0 Å². The summed E-state index contributed by atoms with van der Waals surface area (Å²) >= 11 is 0. The van der Waals surface area contributed by atoms with E-state index < -0.39 is 9.84 Å². The van der Waals surface area contributed by atoms with Crippen molar-refractivity contribution < 1.29 is 13.2 Å². The Morgan fingerprint density at radius 2 is 1.69 bits per heavy atom. The van der Waals surface area contributed by atoms with Gasteiger partial charge in [-0.3, -0.25) is 9.80 Å². The molecule has 2 rings (SSSR count). The van der Waals surface area contributed by atoms with E-state index in [0.717, 1.165) is 19.3 Å². The second-order valence-electron chi connectivity index (χ2n) is 4.53. The fraction of sp³-hybridized carbons (Fsp3) is 0.900. The van der Waals surface area contributed by atoms with Crippen molar-refractivity contribution in [2.75, 3.05) is 24.6 Å². The van der Waals surface area contributed by atoms with Crippen LogP contribution in [0.4, 0.5) is 0 Å². The summed E-state index contributed by atoms with van der Waals surface area (Å²) in [6, 6.07) is 0.290. The van der Waals surface area contributed by atoms with E-state index >= 15 is 0 Å². The van der Waals surface area contributed by atoms with Crippen molar-refractivity contribution in [1.82, 2.24) is 10.0 Å². The third-order valence-corrected chi connectivity index (χ3v) is 5.06. The van der Waals surface area contributed by atoms with Crippen LogP contribution in [0.3, 0.4) is 0 Å². The van der Waals surface area contributed by atoms with E-state index in [1.807, 2.05) is 5.01 Å². The molecule has 0 aromatic carbocycles. The van der Waals surface area contributed by atoms with Crippen molar-refractivity contribution in [3.8, 4) is 0 Å². The number of rotatable bonds is 3. The molecule has 0 unspecified atom stereocenters. The quantitative estimate of drug-likeness (QED) is 0.659. The number of carbonyl (C=O) groups excluding carboxylic acids is 1. The molecular weight excluding hydrogens is 228 g/mol. The zero-order valence-electron chi connectivity index (χ0n) is 9.34. The molecule has 1 saturated carbocycles. The Balaban J connectivity index is 1.97. The van der Waals surface area contributed by atoms with Gasteiger partial charge in [-0.1, -0.05) is 12.8 Å². The first kappa shape index (κ1) is 11.9. The predicted octanol–water partition coefficient (Wildman–Crippen LogP) is 0.0328. The molecule has 0 atom stereocenters. The molecular formula is C10H18N2O3S. The smallest absolute Gasteiger partial charge is 0.224 e. The lowest BCUT2D eigenvalue weighted by Crippen LogP contribution is -2.53. The van der Waals surface area contributed by atoms with Gasteiger partial charge in [0, 0.05) is 19.1 Å². The fourth-order valence-electron chi connectivity index (χ4n) is 2.49.